The summed E-state index contributed by atoms with van der Waals surface area (Å²) < 4.78 is 0. The fourth-order valence-corrected chi connectivity index (χ4v) is 16.0. The number of carboxylic acids is 1. The number of rotatable bonds is 15. The van der Waals surface area contributed by atoms with E-state index in [0.29, 0.717) is 12.1 Å². The number of thioether (sulfide) groups is 1. The Morgan fingerprint density at radius 3 is 1.65 bits per heavy atom. The number of nitrogens with two attached hydrogens (primary N) is 2. The van der Waals surface area contributed by atoms with Gasteiger partial charge in [0.05, 0.1) is 32.5 Å². The summed E-state index contributed by atoms with van der Waals surface area (Å²) in [5, 5.41) is 61.3. The van der Waals surface area contributed by atoms with Gasteiger partial charge in [0.1, 0.15) is 84.6 Å². The van der Waals surface area contributed by atoms with Crippen LogP contribution in [0.4, 0.5) is 0 Å². The van der Waals surface area contributed by atoms with Gasteiger partial charge in [-0.25, -0.2) is 4.98 Å². The van der Waals surface area contributed by atoms with E-state index in [2.05, 4.69) is 73.8 Å². The molecule has 37 nitrogen and oxygen atoms in total. The highest BCUT2D eigenvalue weighted by Gasteiger charge is 2.44. The Labute approximate surface area is 601 Å². The monoisotopic (exact) mass is 1520 g/mol. The molecule has 1 aromatic heterocycles. The summed E-state index contributed by atoms with van der Waals surface area (Å²) in [6.45, 7) is 4.82. The van der Waals surface area contributed by atoms with Crippen LogP contribution in [0.25, 0.3) is 0 Å². The molecule has 5 rings (SSSR count). The van der Waals surface area contributed by atoms with E-state index in [9.17, 15) is 92.0 Å². The Hall–Kier alpha value is -7.64. The lowest BCUT2D eigenvalue weighted by atomic mass is 9.97. The number of carboxylic acid groups (broad SMARTS) is 1. The number of H-pyrrole nitrogens is 1. The van der Waals surface area contributed by atoms with Crippen LogP contribution in [0.5, 0.6) is 0 Å². The van der Waals surface area contributed by atoms with Crippen molar-refractivity contribution in [3.05, 3.63) is 18.2 Å². The van der Waals surface area contributed by atoms with Crippen molar-refractivity contribution in [1.29, 1.82) is 0 Å². The summed E-state index contributed by atoms with van der Waals surface area (Å²) in [5.41, 5.74) is 11.8. The van der Waals surface area contributed by atoms with E-state index in [1.807, 2.05) is 0 Å². The van der Waals surface area contributed by atoms with Gasteiger partial charge < -0.3 is 105 Å². The van der Waals surface area contributed by atoms with Gasteiger partial charge in [-0.2, -0.15) is 11.8 Å². The maximum Gasteiger partial charge on any atom is 0.305 e. The van der Waals surface area contributed by atoms with Crippen molar-refractivity contribution in [2.45, 2.75) is 171 Å². The quantitative estimate of drug-likeness (QED) is 0.0726. The number of nitrogens with one attached hydrogen (secondary N) is 13. The number of carbonyl (C=O) groups excluding carboxylic acids is 15. The molecule has 4 saturated heterocycles. The third-order valence-electron chi connectivity index (χ3n) is 16.8. The van der Waals surface area contributed by atoms with Crippen LogP contribution in [-0.2, 0) is 83.1 Å². The number of amides is 15. The van der Waals surface area contributed by atoms with E-state index in [-0.39, 0.29) is 63.1 Å². The van der Waals surface area contributed by atoms with Crippen molar-refractivity contribution in [1.82, 2.24) is 83.6 Å². The maximum absolute atomic E-state index is 14.8. The molecule has 4 aliphatic heterocycles. The van der Waals surface area contributed by atoms with Crippen molar-refractivity contribution in [2.24, 2.45) is 23.3 Å². The Bertz CT molecular complexity index is 3140. The van der Waals surface area contributed by atoms with Gasteiger partial charge in [0.15, 0.2) is 0 Å². The second kappa shape index (κ2) is 41.5. The van der Waals surface area contributed by atoms with Crippen LogP contribution in [-0.4, -0.2) is 282 Å². The summed E-state index contributed by atoms with van der Waals surface area (Å²) >= 11 is 1.27. The number of hydrogen-bond donors (Lipinski definition) is 18. The number of aromatic amines is 1. The molecule has 4 fully saturated rings. The number of aliphatic carboxylic acids is 1. The van der Waals surface area contributed by atoms with Crippen molar-refractivity contribution in [3.8, 4) is 0 Å². The van der Waals surface area contributed by atoms with Crippen LogP contribution in [0.15, 0.2) is 12.5 Å². The van der Waals surface area contributed by atoms with Gasteiger partial charge in [-0.1, -0.05) is 77.3 Å². The van der Waals surface area contributed by atoms with Gasteiger partial charge in [-0.3, -0.25) is 76.7 Å². The van der Waals surface area contributed by atoms with E-state index in [1.54, 1.807) is 34.0 Å². The number of aromatic nitrogens is 2. The van der Waals surface area contributed by atoms with Crippen LogP contribution in [0.1, 0.15) is 85.3 Å². The lowest BCUT2D eigenvalue weighted by Gasteiger charge is -2.31. The molecular weight excluding hydrogens is 1430 g/mol. The average molecular weight is 1520 g/mol. The zero-order valence-electron chi connectivity index (χ0n) is 56.5. The highest BCUT2D eigenvalue weighted by Crippen LogP contribution is 2.27. The molecule has 0 radical (unpaired) electrons. The van der Waals surface area contributed by atoms with Crippen LogP contribution in [0, 0.1) is 11.8 Å². The molecular formula is C59H92N18O19S5. The molecule has 2 bridgehead atoms. The Morgan fingerprint density at radius 1 is 0.614 bits per heavy atom. The summed E-state index contributed by atoms with van der Waals surface area (Å²) in [6, 6.07) is -22.0. The minimum Gasteiger partial charge on any atom is -0.481 e. The predicted molar refractivity (Wildman–Crippen MR) is 372 cm³/mol. The molecule has 0 saturated carbocycles. The molecule has 4 aliphatic rings. The van der Waals surface area contributed by atoms with Crippen molar-refractivity contribution >= 4 is 150 Å². The molecule has 15 atom stereocenters. The second-order valence-electron chi connectivity index (χ2n) is 24.6. The van der Waals surface area contributed by atoms with E-state index in [0.717, 1.165) is 48.1 Å². The standard InChI is InChI=1S/C59H92N18O19S5/c1-7-28(4)45-57(94)71-36(46(61)83)22-98-100-24-38-53(90)69-34(20-78)50(87)68-33(16-30-19-62-26-63-30)58(95)76-13-8-10-40(76)54(91)74-44(27(2)3)56(93)73-39(25-101-99-23-37(51(88)72-38)65-42(80)18-60)52(89)67-32(17-43(81)82)49(86)64-29(5)47(84)66-31(12-15-97-6)48(85)70-35(21-79)59(96)77-14-9-11-41(77)55(92)75-45/h19,26-29,31-41,44-45,78-79H,7-18,20-25,60H2,1-6H3,(H2,61,83)(H,62,63)(H,64,86)(H,65,80)(H,66,84)(H,67,89)(H,68,87)(H,69,90)(H,70,85)(H,71,94)(H,72,88)(H,73,93)(H,74,91)(H,75,92)(H,81,82)/t28-,29-,31-,32-,33-,34-,35-,36-,37-,38-,39-,40-,41-,44-,45-/m0/s1. The molecule has 0 aromatic carbocycles. The maximum atomic E-state index is 14.8. The van der Waals surface area contributed by atoms with Crippen LogP contribution in [0.2, 0.25) is 0 Å². The zero-order valence-corrected chi connectivity index (χ0v) is 60.6. The minimum absolute atomic E-state index is 0.0338. The molecule has 20 N–H and O–H groups in total. The first-order valence-corrected chi connectivity index (χ1v) is 39.0. The zero-order chi connectivity index (χ0) is 74.8. The third-order valence-corrected chi connectivity index (χ3v) is 22.3. The van der Waals surface area contributed by atoms with Gasteiger partial charge >= 0.3 is 5.97 Å². The topological polar surface area (TPSA) is 565 Å². The van der Waals surface area contributed by atoms with E-state index in [1.165, 1.54) is 36.1 Å². The smallest absolute Gasteiger partial charge is 0.305 e. The normalized spacial score (nSPS) is 29.0. The highest BCUT2D eigenvalue weighted by molar-refractivity contribution is 8.77. The number of primary amides is 1. The third kappa shape index (κ3) is 25.1. The average Bonchev–Trinajstić information content (AvgIpc) is 1.75. The molecule has 42 heteroatoms. The number of aliphatic hydroxyl groups excluding tert-OH is 2. The van der Waals surface area contributed by atoms with Crippen molar-refractivity contribution < 1.29 is 92.0 Å². The number of carbonyl (C=O) groups is 16. The first kappa shape index (κ1) is 84.0. The largest absolute Gasteiger partial charge is 0.481 e. The molecule has 0 aliphatic carbocycles. The fourth-order valence-electron chi connectivity index (χ4n) is 10.8. The van der Waals surface area contributed by atoms with Crippen LogP contribution >= 0.6 is 54.9 Å². The molecule has 0 spiro atoms. The van der Waals surface area contributed by atoms with Crippen LogP contribution < -0.4 is 75.3 Å². The summed E-state index contributed by atoms with van der Waals surface area (Å²) in [6.07, 6.45) is 3.83. The van der Waals surface area contributed by atoms with E-state index < -0.39 is 234 Å². The Kier molecular flexibility index (Phi) is 34.5. The lowest BCUT2D eigenvalue weighted by molar-refractivity contribution is -0.143. The molecule has 101 heavy (non-hydrogen) atoms. The molecule has 1 aromatic rings. The predicted octanol–water partition coefficient (Wildman–Crippen LogP) is -7.08. The number of nitrogens with zero attached hydrogens (tertiary/aromatic N) is 3. The first-order chi connectivity index (χ1) is 48.0. The van der Waals surface area contributed by atoms with Gasteiger partial charge in [0.25, 0.3) is 0 Å². The van der Waals surface area contributed by atoms with Gasteiger partial charge in [-0.05, 0) is 62.9 Å². The SMILES string of the molecule is CC[C@H](C)[C@@H]1NC(=O)[C@@H]2CCCN2C(=O)[C@H](CO)NC(=O)[C@H](CCSC)NC(=O)[C@H](C)NC(=O)[C@H](CC(=O)O)NC(=O)[C@@H]2CSSC[C@H](NC(=O)CN)C(=O)N[C@@H](CSSC[C@@H](C(N)=O)NC1=O)C(=O)N[C@@H](CO)C(=O)N[C@@H](Cc1cnc[nH]1)C(=O)N1CCC[C@H]1C(=O)N[C@@H](C(C)C)C(=O)N2. The van der Waals surface area contributed by atoms with E-state index >= 15 is 0 Å². The molecule has 0 unspecified atom stereocenters. The Morgan fingerprint density at radius 2 is 1.12 bits per heavy atom. The number of hydrogen-bond acceptors (Lipinski definition) is 25. The molecule has 562 valence electrons. The van der Waals surface area contributed by atoms with Gasteiger partial charge in [-0.15, -0.1) is 0 Å². The number of fused-ring (bicyclic) bond motifs is 10. The fraction of sp³-hybridized carbons (Fsp3) is 0.678. The van der Waals surface area contributed by atoms with Gasteiger partial charge in [0, 0.05) is 54.4 Å². The highest BCUT2D eigenvalue weighted by atomic mass is 33.1. The number of aliphatic hydroxyl groups is 2. The second-order valence-corrected chi connectivity index (χ2v) is 30.7. The summed E-state index contributed by atoms with van der Waals surface area (Å²) in [7, 11) is 3.31. The number of imidazole rings is 1. The minimum atomic E-state index is -2.00. The van der Waals surface area contributed by atoms with E-state index in [4.69, 9.17) is 11.5 Å². The lowest BCUT2D eigenvalue weighted by Crippen LogP contribution is -2.62. The first-order valence-electron chi connectivity index (χ1n) is 32.6. The van der Waals surface area contributed by atoms with Gasteiger partial charge in [0.2, 0.25) is 88.6 Å². The summed E-state index contributed by atoms with van der Waals surface area (Å²) in [4.78, 5) is 234. The van der Waals surface area contributed by atoms with Crippen LogP contribution in [0.3, 0.4) is 0 Å². The summed E-state index contributed by atoms with van der Waals surface area (Å²) in [5.74, 6) is -19.3. The van der Waals surface area contributed by atoms with Crippen molar-refractivity contribution in [2.75, 3.05) is 67.9 Å². The molecule has 15 amide bonds. The molecule has 5 heterocycles. The van der Waals surface area contributed by atoms with Crippen molar-refractivity contribution in [3.63, 3.8) is 0 Å². The Balaban J connectivity index is 1.64.